The van der Waals surface area contributed by atoms with E-state index in [1.807, 2.05) is 30.9 Å². The van der Waals surface area contributed by atoms with E-state index in [-0.39, 0.29) is 6.61 Å². The lowest BCUT2D eigenvalue weighted by Crippen LogP contribution is -2.29. The SMILES string of the molecule is C=CCOS(=O)(=O)[O-].C=CCn1cc[n+](CC=C)c1. The molecule has 0 N–H and O–H groups in total. The fraction of sp³-hybridized carbons (Fsp3) is 0.250. The zero-order valence-corrected chi connectivity index (χ0v) is 11.5. The van der Waals surface area contributed by atoms with Crippen LogP contribution in [0.4, 0.5) is 0 Å². The summed E-state index contributed by atoms with van der Waals surface area (Å²) in [6.45, 7) is 11.9. The Hall–Kier alpha value is -1.70. The molecule has 1 rings (SSSR count). The maximum Gasteiger partial charge on any atom is 0.244 e. The third kappa shape index (κ3) is 9.95. The van der Waals surface area contributed by atoms with Crippen molar-refractivity contribution in [3.63, 3.8) is 0 Å². The lowest BCUT2D eigenvalue weighted by atomic mass is 10.6. The molecule has 0 radical (unpaired) electrons. The van der Waals surface area contributed by atoms with Crippen LogP contribution < -0.4 is 4.57 Å². The van der Waals surface area contributed by atoms with Crippen molar-refractivity contribution in [3.8, 4) is 0 Å². The highest BCUT2D eigenvalue weighted by Crippen LogP contribution is 1.84. The van der Waals surface area contributed by atoms with Crippen molar-refractivity contribution in [2.45, 2.75) is 13.1 Å². The monoisotopic (exact) mass is 286 g/mol. The summed E-state index contributed by atoms with van der Waals surface area (Å²) < 4.78 is 36.5. The second kappa shape index (κ2) is 9.26. The van der Waals surface area contributed by atoms with Crippen LogP contribution in [0.25, 0.3) is 0 Å². The zero-order chi connectivity index (χ0) is 14.7. The Kier molecular flexibility index (Phi) is 8.43. The van der Waals surface area contributed by atoms with Gasteiger partial charge in [-0.05, 0) is 0 Å². The van der Waals surface area contributed by atoms with E-state index in [1.54, 1.807) is 0 Å². The minimum Gasteiger partial charge on any atom is -0.726 e. The quantitative estimate of drug-likeness (QED) is 0.321. The molecule has 0 spiro atoms. The summed E-state index contributed by atoms with van der Waals surface area (Å²) >= 11 is 0. The summed E-state index contributed by atoms with van der Waals surface area (Å²) in [5, 5.41) is 0. The second-order valence-electron chi connectivity index (χ2n) is 3.37. The van der Waals surface area contributed by atoms with Crippen molar-refractivity contribution < 1.29 is 21.7 Å². The van der Waals surface area contributed by atoms with Gasteiger partial charge in [0.15, 0.2) is 0 Å². The number of hydrogen-bond acceptors (Lipinski definition) is 4. The van der Waals surface area contributed by atoms with Gasteiger partial charge in [-0.1, -0.05) is 31.4 Å². The largest absolute Gasteiger partial charge is 0.726 e. The molecule has 0 bridgehead atoms. The van der Waals surface area contributed by atoms with Crippen molar-refractivity contribution in [2.24, 2.45) is 0 Å². The Morgan fingerprint density at radius 2 is 1.95 bits per heavy atom. The van der Waals surface area contributed by atoms with E-state index >= 15 is 0 Å². The third-order valence-corrected chi connectivity index (χ3v) is 2.18. The number of imidazole rings is 1. The summed E-state index contributed by atoms with van der Waals surface area (Å²) in [6.07, 6.45) is 11.0. The van der Waals surface area contributed by atoms with E-state index in [0.717, 1.165) is 13.1 Å². The van der Waals surface area contributed by atoms with Crippen LogP contribution in [0.3, 0.4) is 0 Å². The van der Waals surface area contributed by atoms with Crippen LogP contribution >= 0.6 is 0 Å². The first-order valence-corrected chi connectivity index (χ1v) is 6.74. The standard InChI is InChI=1S/C9H13N2.C3H6O4S/c1-3-5-10-7-8-11(9-10)6-4-2;1-2-3-7-8(4,5)6/h3-4,7-9H,1-2,5-6H2;2H,1,3H2,(H,4,5,6)/q+1;/p-1. The minimum atomic E-state index is -4.51. The first-order valence-electron chi connectivity index (χ1n) is 5.40. The number of allylic oxidation sites excluding steroid dienone is 2. The summed E-state index contributed by atoms with van der Waals surface area (Å²) in [7, 11) is -4.51. The number of hydrogen-bond donors (Lipinski definition) is 0. The maximum absolute atomic E-state index is 9.56. The molecule has 0 aliphatic rings. The fourth-order valence-electron chi connectivity index (χ4n) is 1.08. The second-order valence-corrected chi connectivity index (χ2v) is 4.42. The van der Waals surface area contributed by atoms with Gasteiger partial charge in [-0.2, -0.15) is 0 Å². The van der Waals surface area contributed by atoms with Crippen molar-refractivity contribution in [2.75, 3.05) is 6.61 Å². The topological polar surface area (TPSA) is 75.2 Å². The van der Waals surface area contributed by atoms with Crippen molar-refractivity contribution >= 4 is 10.4 Å². The molecule has 0 unspecified atom stereocenters. The Morgan fingerprint density at radius 1 is 1.26 bits per heavy atom. The molecule has 0 fully saturated rings. The van der Waals surface area contributed by atoms with Gasteiger partial charge in [-0.15, -0.1) is 6.58 Å². The van der Waals surface area contributed by atoms with E-state index < -0.39 is 10.4 Å². The predicted molar refractivity (Wildman–Crippen MR) is 70.9 cm³/mol. The van der Waals surface area contributed by atoms with E-state index in [9.17, 15) is 13.0 Å². The predicted octanol–water partition coefficient (Wildman–Crippen LogP) is 0.797. The Labute approximate surface area is 113 Å². The van der Waals surface area contributed by atoms with E-state index in [4.69, 9.17) is 0 Å². The molecule has 1 heterocycles. The van der Waals surface area contributed by atoms with Crippen LogP contribution in [0.2, 0.25) is 0 Å². The molecule has 0 aliphatic heterocycles. The van der Waals surface area contributed by atoms with Gasteiger partial charge in [0.25, 0.3) is 0 Å². The highest BCUT2D eigenvalue weighted by Gasteiger charge is 1.97. The lowest BCUT2D eigenvalue weighted by molar-refractivity contribution is -0.686. The average Bonchev–Trinajstić information content (AvgIpc) is 2.75. The third-order valence-electron chi connectivity index (χ3n) is 1.76. The smallest absolute Gasteiger partial charge is 0.244 e. The van der Waals surface area contributed by atoms with Crippen LogP contribution in [-0.4, -0.2) is 24.1 Å². The van der Waals surface area contributed by atoms with Crippen LogP contribution in [0, 0.1) is 0 Å². The first-order chi connectivity index (χ1) is 8.92. The van der Waals surface area contributed by atoms with Gasteiger partial charge in [0.1, 0.15) is 25.5 Å². The molecule has 1 aromatic heterocycles. The number of rotatable bonds is 7. The first kappa shape index (κ1) is 17.3. The summed E-state index contributed by atoms with van der Waals surface area (Å²) in [6, 6.07) is 0. The fourth-order valence-corrected chi connectivity index (χ4v) is 1.35. The Bertz CT molecular complexity index is 481. The molecule has 106 valence electrons. The molecule has 0 saturated heterocycles. The van der Waals surface area contributed by atoms with Crippen LogP contribution in [-0.2, 0) is 27.7 Å². The van der Waals surface area contributed by atoms with Crippen LogP contribution in [0.15, 0.2) is 56.7 Å². The normalized spacial score (nSPS) is 10.2. The summed E-state index contributed by atoms with van der Waals surface area (Å²) in [5.41, 5.74) is 0. The molecule has 7 heteroatoms. The van der Waals surface area contributed by atoms with Gasteiger partial charge < -0.3 is 4.55 Å². The lowest BCUT2D eigenvalue weighted by Gasteiger charge is -2.02. The van der Waals surface area contributed by atoms with Crippen molar-refractivity contribution in [3.05, 3.63) is 56.7 Å². The van der Waals surface area contributed by atoms with E-state index in [2.05, 4.69) is 33.1 Å². The molecule has 6 nitrogen and oxygen atoms in total. The van der Waals surface area contributed by atoms with Gasteiger partial charge in [0.05, 0.1) is 6.61 Å². The Balaban J connectivity index is 0.000000362. The molecule has 0 aliphatic carbocycles. The van der Waals surface area contributed by atoms with Gasteiger partial charge in [0.2, 0.25) is 16.7 Å². The highest BCUT2D eigenvalue weighted by molar-refractivity contribution is 7.80. The molecule has 1 aromatic rings. The molecule has 0 saturated carbocycles. The van der Waals surface area contributed by atoms with Gasteiger partial charge in [0, 0.05) is 0 Å². The van der Waals surface area contributed by atoms with Crippen molar-refractivity contribution in [1.29, 1.82) is 0 Å². The zero-order valence-electron chi connectivity index (χ0n) is 10.6. The Morgan fingerprint density at radius 3 is 2.37 bits per heavy atom. The van der Waals surface area contributed by atoms with Gasteiger partial charge >= 0.3 is 0 Å². The summed E-state index contributed by atoms with van der Waals surface area (Å²) in [5.74, 6) is 0. The van der Waals surface area contributed by atoms with Gasteiger partial charge in [-0.25, -0.2) is 17.6 Å². The number of nitrogens with zero attached hydrogens (tertiary/aromatic N) is 2. The summed E-state index contributed by atoms with van der Waals surface area (Å²) in [4.78, 5) is 0. The highest BCUT2D eigenvalue weighted by atomic mass is 32.3. The number of aromatic nitrogens is 2. The molecular weight excluding hydrogens is 268 g/mol. The molecular formula is C12H18N2O4S. The molecule has 0 atom stereocenters. The van der Waals surface area contributed by atoms with E-state index in [0.29, 0.717) is 0 Å². The molecule has 19 heavy (non-hydrogen) atoms. The maximum atomic E-state index is 9.56. The van der Waals surface area contributed by atoms with Crippen molar-refractivity contribution in [1.82, 2.24) is 4.57 Å². The average molecular weight is 286 g/mol. The van der Waals surface area contributed by atoms with E-state index in [1.165, 1.54) is 6.08 Å². The van der Waals surface area contributed by atoms with Crippen LogP contribution in [0.1, 0.15) is 0 Å². The van der Waals surface area contributed by atoms with Crippen LogP contribution in [0.5, 0.6) is 0 Å². The molecule has 0 amide bonds. The molecule has 0 aromatic carbocycles. The minimum absolute atomic E-state index is 0.258. The van der Waals surface area contributed by atoms with Gasteiger partial charge in [-0.3, -0.25) is 4.18 Å².